The molecule has 172 valence electrons. The van der Waals surface area contributed by atoms with Crippen LogP contribution < -0.4 is 5.32 Å². The molecule has 0 bridgehead atoms. The van der Waals surface area contributed by atoms with Crippen LogP contribution in [0.5, 0.6) is 0 Å². The molecule has 1 fully saturated rings. The number of nitrogens with zero attached hydrogens (tertiary/aromatic N) is 1. The van der Waals surface area contributed by atoms with E-state index in [0.717, 1.165) is 7.05 Å². The Balaban J connectivity index is 1.78. The van der Waals surface area contributed by atoms with E-state index in [4.69, 9.17) is 58.0 Å². The first-order valence-corrected chi connectivity index (χ1v) is 10.9. The number of amides is 2. The smallest absolute Gasteiger partial charge is 0.333 e. The third-order valence-corrected chi connectivity index (χ3v) is 6.51. The van der Waals surface area contributed by atoms with Crippen LogP contribution >= 0.6 is 58.0 Å². The number of alkyl halides is 5. The minimum absolute atomic E-state index is 0.0658. The average Bonchev–Trinajstić information content (AvgIpc) is 3.23. The summed E-state index contributed by atoms with van der Waals surface area (Å²) in [4.78, 5) is 25.7. The molecule has 0 aliphatic heterocycles. The van der Waals surface area contributed by atoms with E-state index in [-0.39, 0.29) is 16.3 Å². The molecule has 12 heteroatoms. The zero-order valence-electron chi connectivity index (χ0n) is 16.1. The standard InChI is InChI=1S/C20H14Cl5F3N2O2/c1-30(8-19(26,27)28)18(32)13-7-12(2-3-14(13)23)29-17(31)16-15(20(16,24)25)9-4-10(21)6-11(22)5-9/h2-7,15-16H,8H2,1H3,(H,29,31)/t15-,16+/m0/s1. The Labute approximate surface area is 206 Å². The van der Waals surface area contributed by atoms with E-state index in [1.807, 2.05) is 0 Å². The van der Waals surface area contributed by atoms with E-state index in [0.29, 0.717) is 20.5 Å². The fourth-order valence-corrected chi connectivity index (χ4v) is 4.93. The highest BCUT2D eigenvalue weighted by atomic mass is 35.5. The number of rotatable bonds is 5. The van der Waals surface area contributed by atoms with Crippen LogP contribution in [0.3, 0.4) is 0 Å². The van der Waals surface area contributed by atoms with Crippen LogP contribution in [-0.4, -0.2) is 40.8 Å². The van der Waals surface area contributed by atoms with Crippen molar-refractivity contribution in [2.75, 3.05) is 18.9 Å². The molecule has 4 nitrogen and oxygen atoms in total. The van der Waals surface area contributed by atoms with Gasteiger partial charge < -0.3 is 10.2 Å². The second kappa shape index (κ2) is 9.11. The highest BCUT2D eigenvalue weighted by Gasteiger charge is 2.67. The van der Waals surface area contributed by atoms with Crippen molar-refractivity contribution in [2.24, 2.45) is 5.92 Å². The number of carbonyl (C=O) groups is 2. The minimum Gasteiger partial charge on any atom is -0.333 e. The second-order valence-electron chi connectivity index (χ2n) is 7.29. The van der Waals surface area contributed by atoms with Gasteiger partial charge in [-0.2, -0.15) is 13.2 Å². The SMILES string of the molecule is CN(CC(F)(F)F)C(=O)c1cc(NC(=O)[C@H]2[C@H](c3cc(Cl)cc(Cl)c3)C2(Cl)Cl)ccc1Cl. The van der Waals surface area contributed by atoms with Crippen molar-refractivity contribution >= 4 is 75.5 Å². The van der Waals surface area contributed by atoms with E-state index in [1.54, 1.807) is 12.1 Å². The molecule has 0 radical (unpaired) electrons. The summed E-state index contributed by atoms with van der Waals surface area (Å²) in [6, 6.07) is 8.60. The van der Waals surface area contributed by atoms with Crippen molar-refractivity contribution in [3.05, 3.63) is 62.6 Å². The predicted molar refractivity (Wildman–Crippen MR) is 120 cm³/mol. The molecule has 2 atom stereocenters. The van der Waals surface area contributed by atoms with E-state index in [1.165, 1.54) is 24.3 Å². The van der Waals surface area contributed by atoms with E-state index < -0.39 is 40.7 Å². The topological polar surface area (TPSA) is 49.4 Å². The molecule has 1 N–H and O–H groups in total. The van der Waals surface area contributed by atoms with Crippen LogP contribution in [0.1, 0.15) is 21.8 Å². The molecule has 0 unspecified atom stereocenters. The third-order valence-electron chi connectivity index (χ3n) is 4.81. The first kappa shape index (κ1) is 25.2. The summed E-state index contributed by atoms with van der Waals surface area (Å²) in [7, 11) is 0.998. The fourth-order valence-electron chi connectivity index (χ4n) is 3.36. The molecular weight excluding hydrogens is 534 g/mol. The number of hydrogen-bond acceptors (Lipinski definition) is 2. The predicted octanol–water partition coefficient (Wildman–Crippen LogP) is 6.81. The number of nitrogens with one attached hydrogen (secondary N) is 1. The van der Waals surface area contributed by atoms with Gasteiger partial charge in [-0.05, 0) is 42.0 Å². The monoisotopic (exact) mass is 546 g/mol. The lowest BCUT2D eigenvalue weighted by Gasteiger charge is -2.20. The lowest BCUT2D eigenvalue weighted by Crippen LogP contribution is -2.36. The van der Waals surface area contributed by atoms with E-state index in [9.17, 15) is 22.8 Å². The molecule has 0 aromatic heterocycles. The molecule has 1 saturated carbocycles. The van der Waals surface area contributed by atoms with Gasteiger partial charge in [0.2, 0.25) is 5.91 Å². The van der Waals surface area contributed by atoms with Gasteiger partial charge in [0, 0.05) is 28.7 Å². The lowest BCUT2D eigenvalue weighted by atomic mass is 10.1. The van der Waals surface area contributed by atoms with Gasteiger partial charge >= 0.3 is 6.18 Å². The number of benzene rings is 2. The maximum Gasteiger partial charge on any atom is 0.406 e. The Morgan fingerprint density at radius 1 is 1.06 bits per heavy atom. The molecule has 2 aromatic rings. The molecule has 1 aliphatic rings. The number of carbonyl (C=O) groups excluding carboxylic acids is 2. The summed E-state index contributed by atoms with van der Waals surface area (Å²) < 4.78 is 36.4. The number of anilines is 1. The van der Waals surface area contributed by atoms with Crippen LogP contribution in [0.2, 0.25) is 15.1 Å². The zero-order chi connectivity index (χ0) is 24.0. The van der Waals surface area contributed by atoms with E-state index >= 15 is 0 Å². The van der Waals surface area contributed by atoms with Gasteiger partial charge in [-0.15, -0.1) is 23.2 Å². The summed E-state index contributed by atoms with van der Waals surface area (Å²) in [5.74, 6) is -2.96. The molecule has 3 rings (SSSR count). The summed E-state index contributed by atoms with van der Waals surface area (Å²) >= 11 is 30.6. The highest BCUT2D eigenvalue weighted by Crippen LogP contribution is 2.65. The number of halogens is 8. The molecule has 1 aliphatic carbocycles. The Morgan fingerprint density at radius 2 is 1.66 bits per heavy atom. The van der Waals surface area contributed by atoms with Crippen LogP contribution in [0.4, 0.5) is 18.9 Å². The number of hydrogen-bond donors (Lipinski definition) is 1. The van der Waals surface area contributed by atoms with Gasteiger partial charge in [0.1, 0.15) is 10.9 Å². The summed E-state index contributed by atoms with van der Waals surface area (Å²) in [5, 5.41) is 3.21. The van der Waals surface area contributed by atoms with Crippen molar-refractivity contribution in [3.63, 3.8) is 0 Å². The van der Waals surface area contributed by atoms with Crippen LogP contribution in [0.15, 0.2) is 36.4 Å². The molecule has 0 spiro atoms. The second-order valence-corrected chi connectivity index (χ2v) is 10.0. The van der Waals surface area contributed by atoms with Gasteiger partial charge in [-0.3, -0.25) is 9.59 Å². The quantitative estimate of drug-likeness (QED) is 0.418. The van der Waals surface area contributed by atoms with E-state index in [2.05, 4.69) is 5.32 Å². The fraction of sp³-hybridized carbons (Fsp3) is 0.300. The van der Waals surface area contributed by atoms with Gasteiger partial charge in [0.15, 0.2) is 0 Å². The molecule has 2 aromatic carbocycles. The normalized spacial score (nSPS) is 19.4. The van der Waals surface area contributed by atoms with Crippen LogP contribution in [-0.2, 0) is 4.79 Å². The molecular formula is C20H14Cl5F3N2O2. The molecule has 0 saturated heterocycles. The average molecular weight is 549 g/mol. The Bertz CT molecular complexity index is 1060. The summed E-state index contributed by atoms with van der Waals surface area (Å²) in [5.41, 5.74) is 0.517. The van der Waals surface area contributed by atoms with Crippen LogP contribution in [0, 0.1) is 5.92 Å². The summed E-state index contributed by atoms with van der Waals surface area (Å²) in [6.45, 7) is -1.45. The van der Waals surface area contributed by atoms with Crippen LogP contribution in [0.25, 0.3) is 0 Å². The first-order chi connectivity index (χ1) is 14.7. The Hall–Kier alpha value is -1.38. The first-order valence-electron chi connectivity index (χ1n) is 8.97. The van der Waals surface area contributed by atoms with Gasteiger partial charge in [0.05, 0.1) is 16.5 Å². The summed E-state index contributed by atoms with van der Waals surface area (Å²) in [6.07, 6.45) is -4.57. The zero-order valence-corrected chi connectivity index (χ0v) is 19.9. The van der Waals surface area contributed by atoms with Gasteiger partial charge in [-0.25, -0.2) is 0 Å². The van der Waals surface area contributed by atoms with Crippen molar-refractivity contribution in [3.8, 4) is 0 Å². The maximum atomic E-state index is 12.8. The Kier molecular flexibility index (Phi) is 7.18. The third kappa shape index (κ3) is 5.57. The molecule has 32 heavy (non-hydrogen) atoms. The van der Waals surface area contributed by atoms with Gasteiger partial charge in [-0.1, -0.05) is 34.8 Å². The van der Waals surface area contributed by atoms with Crippen molar-refractivity contribution in [1.29, 1.82) is 0 Å². The maximum absolute atomic E-state index is 12.8. The van der Waals surface area contributed by atoms with Crippen molar-refractivity contribution < 1.29 is 22.8 Å². The molecule has 0 heterocycles. The molecule has 2 amide bonds. The Morgan fingerprint density at radius 3 is 2.22 bits per heavy atom. The van der Waals surface area contributed by atoms with Gasteiger partial charge in [0.25, 0.3) is 5.91 Å². The minimum atomic E-state index is -4.57. The van der Waals surface area contributed by atoms with Crippen molar-refractivity contribution in [1.82, 2.24) is 4.90 Å². The lowest BCUT2D eigenvalue weighted by molar-refractivity contribution is -0.138. The van der Waals surface area contributed by atoms with Crippen molar-refractivity contribution in [2.45, 2.75) is 16.4 Å². The highest BCUT2D eigenvalue weighted by molar-refractivity contribution is 6.53. The largest absolute Gasteiger partial charge is 0.406 e.